The molecule has 1 amide bonds. The molecule has 0 bridgehead atoms. The van der Waals surface area contributed by atoms with Crippen molar-refractivity contribution >= 4 is 27.5 Å². The van der Waals surface area contributed by atoms with E-state index in [0.717, 1.165) is 32.5 Å². The Kier molecular flexibility index (Phi) is 7.33. The summed E-state index contributed by atoms with van der Waals surface area (Å²) in [5, 5.41) is 3.36. The number of hydrogen-bond acceptors (Lipinski definition) is 5. The predicted octanol–water partition coefficient (Wildman–Crippen LogP) is 1.25. The molecule has 28 heavy (non-hydrogen) atoms. The fourth-order valence-electron chi connectivity index (χ4n) is 3.79. The maximum absolute atomic E-state index is 12.8. The first-order chi connectivity index (χ1) is 13.4. The normalized spacial score (nSPS) is 20.9. The summed E-state index contributed by atoms with van der Waals surface area (Å²) in [6.07, 6.45) is 1.98. The van der Waals surface area contributed by atoms with Crippen molar-refractivity contribution in [3.05, 3.63) is 29.3 Å². The van der Waals surface area contributed by atoms with Gasteiger partial charge in [0, 0.05) is 45.3 Å². The molecule has 1 aromatic carbocycles. The molecule has 9 heteroatoms. The second kappa shape index (κ2) is 9.54. The van der Waals surface area contributed by atoms with E-state index in [9.17, 15) is 13.2 Å². The summed E-state index contributed by atoms with van der Waals surface area (Å²) >= 11 is 6.06. The van der Waals surface area contributed by atoms with Gasteiger partial charge in [-0.3, -0.25) is 9.69 Å². The molecule has 0 saturated carbocycles. The van der Waals surface area contributed by atoms with E-state index in [1.54, 1.807) is 18.2 Å². The van der Waals surface area contributed by atoms with Gasteiger partial charge < -0.3 is 10.2 Å². The molecule has 7 nitrogen and oxygen atoms in total. The molecule has 0 aliphatic carbocycles. The minimum absolute atomic E-state index is 0.0253. The highest BCUT2D eigenvalue weighted by Crippen LogP contribution is 2.24. The molecule has 3 rings (SSSR count). The van der Waals surface area contributed by atoms with Gasteiger partial charge in [0.05, 0.1) is 11.6 Å². The summed E-state index contributed by atoms with van der Waals surface area (Å²) in [4.78, 5) is 16.9. The number of amides is 1. The van der Waals surface area contributed by atoms with Crippen molar-refractivity contribution in [2.45, 2.75) is 30.7 Å². The van der Waals surface area contributed by atoms with Gasteiger partial charge in [0.15, 0.2) is 0 Å². The monoisotopic (exact) mass is 428 g/mol. The summed E-state index contributed by atoms with van der Waals surface area (Å²) < 4.78 is 27.0. The third kappa shape index (κ3) is 5.24. The molecule has 2 aliphatic rings. The van der Waals surface area contributed by atoms with Crippen molar-refractivity contribution in [1.82, 2.24) is 19.4 Å². The van der Waals surface area contributed by atoms with Gasteiger partial charge in [-0.15, -0.1) is 0 Å². The molecule has 156 valence electrons. The van der Waals surface area contributed by atoms with Crippen LogP contribution < -0.4 is 5.32 Å². The van der Waals surface area contributed by atoms with Crippen LogP contribution in [-0.4, -0.2) is 86.8 Å². The molecule has 0 radical (unpaired) electrons. The maximum Gasteiger partial charge on any atom is 0.244 e. The van der Waals surface area contributed by atoms with Crippen LogP contribution in [0.3, 0.4) is 0 Å². The lowest BCUT2D eigenvalue weighted by molar-refractivity contribution is -0.123. The highest BCUT2D eigenvalue weighted by molar-refractivity contribution is 7.89. The number of nitrogens with one attached hydrogen (secondary N) is 1. The lowest BCUT2D eigenvalue weighted by Gasteiger charge is -2.35. The smallest absolute Gasteiger partial charge is 0.244 e. The lowest BCUT2D eigenvalue weighted by Crippen LogP contribution is -2.52. The second-order valence-corrected chi connectivity index (χ2v) is 9.70. The first kappa shape index (κ1) is 21.5. The Morgan fingerprint density at radius 2 is 1.71 bits per heavy atom. The van der Waals surface area contributed by atoms with Gasteiger partial charge in [-0.25, -0.2) is 8.42 Å². The van der Waals surface area contributed by atoms with Crippen LogP contribution in [0.25, 0.3) is 0 Å². The first-order valence-electron chi connectivity index (χ1n) is 9.89. The van der Waals surface area contributed by atoms with E-state index in [1.165, 1.54) is 10.4 Å². The van der Waals surface area contributed by atoms with E-state index in [4.69, 9.17) is 11.6 Å². The van der Waals surface area contributed by atoms with Crippen LogP contribution in [-0.2, 0) is 14.8 Å². The number of carbonyl (C=O) groups excluding carboxylic acids is 1. The fraction of sp³-hybridized carbons (Fsp3) is 0.632. The molecule has 0 unspecified atom stereocenters. The largest absolute Gasteiger partial charge is 0.352 e. The quantitative estimate of drug-likeness (QED) is 0.738. The van der Waals surface area contributed by atoms with E-state index < -0.39 is 10.0 Å². The van der Waals surface area contributed by atoms with Gasteiger partial charge in [-0.2, -0.15) is 4.31 Å². The van der Waals surface area contributed by atoms with Crippen molar-refractivity contribution < 1.29 is 13.2 Å². The van der Waals surface area contributed by atoms with E-state index in [1.807, 2.05) is 4.90 Å². The van der Waals surface area contributed by atoms with Crippen LogP contribution in [0.1, 0.15) is 19.8 Å². The van der Waals surface area contributed by atoms with Crippen molar-refractivity contribution in [1.29, 1.82) is 0 Å². The highest BCUT2D eigenvalue weighted by Gasteiger charge is 2.30. The third-order valence-electron chi connectivity index (χ3n) is 5.55. The molecule has 2 fully saturated rings. The number of nitrogens with zero attached hydrogens (tertiary/aromatic N) is 3. The van der Waals surface area contributed by atoms with Crippen molar-refractivity contribution in [2.24, 2.45) is 0 Å². The SMILES string of the molecule is CCN1CCC(NC(=O)CN2CCN(S(=O)(=O)c3ccccc3Cl)CC2)CC1. The zero-order valence-electron chi connectivity index (χ0n) is 16.3. The Bertz CT molecular complexity index is 773. The Balaban J connectivity index is 1.46. The van der Waals surface area contributed by atoms with Gasteiger partial charge in [0.25, 0.3) is 0 Å². The maximum atomic E-state index is 12.8. The molecule has 2 aliphatic heterocycles. The van der Waals surface area contributed by atoms with Gasteiger partial charge in [0.1, 0.15) is 4.90 Å². The summed E-state index contributed by atoms with van der Waals surface area (Å²) in [6.45, 7) is 7.36. The number of halogens is 1. The van der Waals surface area contributed by atoms with Crippen LogP contribution in [0.5, 0.6) is 0 Å². The zero-order chi connectivity index (χ0) is 20.1. The molecular weight excluding hydrogens is 400 g/mol. The summed E-state index contributed by atoms with van der Waals surface area (Å²) in [7, 11) is -3.61. The van der Waals surface area contributed by atoms with E-state index >= 15 is 0 Å². The number of sulfonamides is 1. The number of carbonyl (C=O) groups is 1. The number of piperidine rings is 1. The van der Waals surface area contributed by atoms with Crippen molar-refractivity contribution in [2.75, 3.05) is 52.4 Å². The van der Waals surface area contributed by atoms with Gasteiger partial charge >= 0.3 is 0 Å². The lowest BCUT2D eigenvalue weighted by atomic mass is 10.1. The van der Waals surface area contributed by atoms with E-state index in [2.05, 4.69) is 17.1 Å². The molecule has 2 saturated heterocycles. The van der Waals surface area contributed by atoms with Gasteiger partial charge in [-0.1, -0.05) is 30.7 Å². The Morgan fingerprint density at radius 3 is 2.32 bits per heavy atom. The molecular formula is C19H29ClN4O3S. The number of benzene rings is 1. The van der Waals surface area contributed by atoms with Gasteiger partial charge in [-0.05, 0) is 31.5 Å². The zero-order valence-corrected chi connectivity index (χ0v) is 17.9. The minimum atomic E-state index is -3.61. The summed E-state index contributed by atoms with van der Waals surface area (Å²) in [5.74, 6) is 0.0253. The first-order valence-corrected chi connectivity index (χ1v) is 11.7. The predicted molar refractivity (Wildman–Crippen MR) is 110 cm³/mol. The average molecular weight is 429 g/mol. The van der Waals surface area contributed by atoms with E-state index in [0.29, 0.717) is 32.7 Å². The van der Waals surface area contributed by atoms with Crippen LogP contribution in [0.15, 0.2) is 29.2 Å². The summed E-state index contributed by atoms with van der Waals surface area (Å²) in [6, 6.07) is 6.74. The summed E-state index contributed by atoms with van der Waals surface area (Å²) in [5.41, 5.74) is 0. The number of piperazine rings is 1. The highest BCUT2D eigenvalue weighted by atomic mass is 35.5. The molecule has 2 heterocycles. The average Bonchev–Trinajstić information content (AvgIpc) is 2.69. The van der Waals surface area contributed by atoms with E-state index in [-0.39, 0.29) is 21.9 Å². The number of likely N-dealkylation sites (tertiary alicyclic amines) is 1. The Morgan fingerprint density at radius 1 is 1.07 bits per heavy atom. The topological polar surface area (TPSA) is 73.0 Å². The van der Waals surface area contributed by atoms with Crippen molar-refractivity contribution in [3.8, 4) is 0 Å². The molecule has 0 spiro atoms. The van der Waals surface area contributed by atoms with Crippen molar-refractivity contribution in [3.63, 3.8) is 0 Å². The number of rotatable bonds is 6. The molecule has 1 aromatic rings. The Labute approximate surface area is 172 Å². The molecule has 0 aromatic heterocycles. The molecule has 1 N–H and O–H groups in total. The fourth-order valence-corrected chi connectivity index (χ4v) is 5.71. The van der Waals surface area contributed by atoms with Crippen LogP contribution >= 0.6 is 11.6 Å². The van der Waals surface area contributed by atoms with Crippen LogP contribution in [0.2, 0.25) is 5.02 Å². The van der Waals surface area contributed by atoms with Crippen LogP contribution in [0, 0.1) is 0 Å². The molecule has 0 atom stereocenters. The second-order valence-electron chi connectivity index (χ2n) is 7.39. The Hall–Kier alpha value is -1.19. The number of hydrogen-bond donors (Lipinski definition) is 1. The third-order valence-corrected chi connectivity index (χ3v) is 7.95. The van der Waals surface area contributed by atoms with Gasteiger partial charge in [0.2, 0.25) is 15.9 Å². The minimum Gasteiger partial charge on any atom is -0.352 e. The standard InChI is InChI=1S/C19H29ClN4O3S/c1-2-22-9-7-16(8-10-22)21-19(25)15-23-11-13-24(14-12-23)28(26,27)18-6-4-3-5-17(18)20/h3-6,16H,2,7-15H2,1H3,(H,21,25). The van der Waals surface area contributed by atoms with Crippen LogP contribution in [0.4, 0.5) is 0 Å².